The van der Waals surface area contributed by atoms with Crippen LogP contribution in [0.2, 0.25) is 0 Å². The van der Waals surface area contributed by atoms with Gasteiger partial charge in [0.15, 0.2) is 0 Å². The first-order valence-corrected chi connectivity index (χ1v) is 6.26. The van der Waals surface area contributed by atoms with Crippen LogP contribution < -0.4 is 10.7 Å². The molecule has 0 saturated heterocycles. The molecule has 0 aliphatic heterocycles. The number of benzene rings is 1. The molecule has 2 amide bonds. The second kappa shape index (κ2) is 6.95. The third-order valence-corrected chi connectivity index (χ3v) is 2.53. The zero-order valence-electron chi connectivity index (χ0n) is 11.4. The van der Waals surface area contributed by atoms with Gasteiger partial charge < -0.3 is 5.32 Å². The lowest BCUT2D eigenvalue weighted by Gasteiger charge is -2.03. The smallest absolute Gasteiger partial charge is 0.271 e. The Morgan fingerprint density at radius 2 is 1.95 bits per heavy atom. The van der Waals surface area contributed by atoms with Crippen LogP contribution in [-0.4, -0.2) is 23.0 Å². The summed E-state index contributed by atoms with van der Waals surface area (Å²) in [6.45, 7) is 1.42. The van der Waals surface area contributed by atoms with Crippen molar-refractivity contribution in [3.8, 4) is 0 Å². The number of hydrogen-bond acceptors (Lipinski definition) is 4. The number of carbonyl (C=O) groups is 2. The van der Waals surface area contributed by atoms with Gasteiger partial charge in [0.25, 0.3) is 5.91 Å². The van der Waals surface area contributed by atoms with Gasteiger partial charge in [-0.15, -0.1) is 0 Å². The maximum atomic E-state index is 11.8. The summed E-state index contributed by atoms with van der Waals surface area (Å²) in [7, 11) is 0. The predicted molar refractivity (Wildman–Crippen MR) is 80.0 cm³/mol. The monoisotopic (exact) mass is 282 g/mol. The normalized spacial score (nSPS) is 10.3. The third-order valence-electron chi connectivity index (χ3n) is 2.53. The highest BCUT2D eigenvalue weighted by atomic mass is 16.2. The Morgan fingerprint density at radius 3 is 2.57 bits per heavy atom. The molecule has 0 atom stereocenters. The van der Waals surface area contributed by atoms with Crippen molar-refractivity contribution in [3.05, 3.63) is 59.9 Å². The van der Waals surface area contributed by atoms with Crippen LogP contribution in [0.1, 0.15) is 22.8 Å². The second-order valence-corrected chi connectivity index (χ2v) is 4.24. The molecule has 2 rings (SSSR count). The average Bonchev–Trinajstić information content (AvgIpc) is 2.48. The first-order valence-electron chi connectivity index (χ1n) is 6.26. The van der Waals surface area contributed by atoms with Crippen molar-refractivity contribution in [1.82, 2.24) is 10.4 Å². The minimum absolute atomic E-state index is 0.159. The number of aromatic nitrogens is 1. The molecule has 0 saturated carbocycles. The molecule has 0 unspecified atom stereocenters. The largest absolute Gasteiger partial charge is 0.326 e. The maximum absolute atomic E-state index is 11.8. The van der Waals surface area contributed by atoms with E-state index in [9.17, 15) is 9.59 Å². The van der Waals surface area contributed by atoms with Gasteiger partial charge in [-0.1, -0.05) is 6.07 Å². The minimum atomic E-state index is -0.329. The van der Waals surface area contributed by atoms with E-state index >= 15 is 0 Å². The molecule has 2 aromatic rings. The van der Waals surface area contributed by atoms with Crippen molar-refractivity contribution in [3.63, 3.8) is 0 Å². The number of nitrogens with zero attached hydrogens (tertiary/aromatic N) is 2. The van der Waals surface area contributed by atoms with Gasteiger partial charge in [-0.25, -0.2) is 5.43 Å². The number of pyridine rings is 1. The lowest BCUT2D eigenvalue weighted by atomic mass is 10.2. The van der Waals surface area contributed by atoms with E-state index in [1.165, 1.54) is 13.1 Å². The van der Waals surface area contributed by atoms with Gasteiger partial charge in [0.2, 0.25) is 5.91 Å². The first kappa shape index (κ1) is 14.4. The Morgan fingerprint density at radius 1 is 1.19 bits per heavy atom. The second-order valence-electron chi connectivity index (χ2n) is 4.24. The van der Waals surface area contributed by atoms with Crippen molar-refractivity contribution < 1.29 is 9.59 Å². The summed E-state index contributed by atoms with van der Waals surface area (Å²) >= 11 is 0. The Hall–Kier alpha value is -3.02. The molecule has 106 valence electrons. The Bertz CT molecular complexity index is 651. The highest BCUT2D eigenvalue weighted by molar-refractivity contribution is 5.96. The van der Waals surface area contributed by atoms with Gasteiger partial charge in [0, 0.05) is 36.1 Å². The zero-order valence-corrected chi connectivity index (χ0v) is 11.4. The summed E-state index contributed by atoms with van der Waals surface area (Å²) in [5.74, 6) is -0.488. The van der Waals surface area contributed by atoms with Gasteiger partial charge in [-0.2, -0.15) is 5.10 Å². The maximum Gasteiger partial charge on any atom is 0.271 e. The molecule has 1 aromatic heterocycles. The summed E-state index contributed by atoms with van der Waals surface area (Å²) in [6.07, 6.45) is 4.81. The van der Waals surface area contributed by atoms with Crippen LogP contribution in [0.15, 0.2) is 53.9 Å². The fourth-order valence-electron chi connectivity index (χ4n) is 1.59. The molecular weight excluding hydrogens is 268 g/mol. The summed E-state index contributed by atoms with van der Waals surface area (Å²) in [4.78, 5) is 26.7. The molecule has 6 heteroatoms. The first-order chi connectivity index (χ1) is 10.1. The predicted octanol–water partition coefficient (Wildman–Crippen LogP) is 1.80. The van der Waals surface area contributed by atoms with E-state index in [-0.39, 0.29) is 11.8 Å². The van der Waals surface area contributed by atoms with E-state index in [0.717, 1.165) is 5.56 Å². The number of amides is 2. The lowest BCUT2D eigenvalue weighted by molar-refractivity contribution is -0.114. The fourth-order valence-corrected chi connectivity index (χ4v) is 1.59. The Labute approximate surface area is 121 Å². The molecule has 1 heterocycles. The summed E-state index contributed by atoms with van der Waals surface area (Å²) in [5.41, 5.74) is 4.30. The molecule has 0 bridgehead atoms. The van der Waals surface area contributed by atoms with Gasteiger partial charge in [-0.3, -0.25) is 14.6 Å². The minimum Gasteiger partial charge on any atom is -0.326 e. The van der Waals surface area contributed by atoms with Crippen LogP contribution >= 0.6 is 0 Å². The van der Waals surface area contributed by atoms with Crippen LogP contribution in [-0.2, 0) is 4.79 Å². The molecule has 0 spiro atoms. The molecule has 21 heavy (non-hydrogen) atoms. The van der Waals surface area contributed by atoms with Gasteiger partial charge >= 0.3 is 0 Å². The summed E-state index contributed by atoms with van der Waals surface area (Å²) in [6, 6.07) is 10.1. The van der Waals surface area contributed by atoms with Crippen LogP contribution in [0.5, 0.6) is 0 Å². The van der Waals surface area contributed by atoms with Crippen molar-refractivity contribution in [1.29, 1.82) is 0 Å². The number of hydrazone groups is 1. The van der Waals surface area contributed by atoms with Crippen molar-refractivity contribution in [2.24, 2.45) is 5.10 Å². The van der Waals surface area contributed by atoms with Crippen LogP contribution in [0.3, 0.4) is 0 Å². The number of hydrogen-bond donors (Lipinski definition) is 2. The quantitative estimate of drug-likeness (QED) is 0.662. The number of anilines is 1. The van der Waals surface area contributed by atoms with Crippen molar-refractivity contribution in [2.75, 3.05) is 5.32 Å². The average molecular weight is 282 g/mol. The highest BCUT2D eigenvalue weighted by Crippen LogP contribution is 2.09. The number of rotatable bonds is 4. The van der Waals surface area contributed by atoms with Crippen molar-refractivity contribution in [2.45, 2.75) is 6.92 Å². The summed E-state index contributed by atoms with van der Waals surface area (Å²) in [5, 5.41) is 6.48. The topological polar surface area (TPSA) is 83.5 Å². The van der Waals surface area contributed by atoms with E-state index < -0.39 is 0 Å². The standard InChI is InChI=1S/C15H14N4O2/c1-11(20)18-14-6-4-13(5-7-14)15(21)19-17-10-12-3-2-8-16-9-12/h2-10H,1H3,(H,18,20)(H,19,21)/b17-10+. The number of carbonyl (C=O) groups excluding carboxylic acids is 2. The zero-order chi connectivity index (χ0) is 15.1. The van der Waals surface area contributed by atoms with E-state index in [1.807, 2.05) is 6.07 Å². The molecule has 1 aromatic carbocycles. The van der Waals surface area contributed by atoms with Crippen molar-refractivity contribution >= 4 is 23.7 Å². The molecule has 0 radical (unpaired) electrons. The molecule has 6 nitrogen and oxygen atoms in total. The van der Waals surface area contributed by atoms with Crippen LogP contribution in [0.25, 0.3) is 0 Å². The van der Waals surface area contributed by atoms with Gasteiger partial charge in [0.05, 0.1) is 6.21 Å². The van der Waals surface area contributed by atoms with Crippen LogP contribution in [0, 0.1) is 0 Å². The molecule has 0 fully saturated rings. The fraction of sp³-hybridized carbons (Fsp3) is 0.0667. The molecule has 2 N–H and O–H groups in total. The molecular formula is C15H14N4O2. The molecule has 0 aliphatic carbocycles. The Kier molecular flexibility index (Phi) is 4.76. The van der Waals surface area contributed by atoms with Gasteiger partial charge in [0.1, 0.15) is 0 Å². The SMILES string of the molecule is CC(=O)Nc1ccc(C(=O)N/N=C/c2cccnc2)cc1. The molecule has 0 aliphatic rings. The summed E-state index contributed by atoms with van der Waals surface area (Å²) < 4.78 is 0. The Balaban J connectivity index is 1.94. The van der Waals surface area contributed by atoms with E-state index in [2.05, 4.69) is 20.8 Å². The van der Waals surface area contributed by atoms with E-state index in [4.69, 9.17) is 0 Å². The van der Waals surface area contributed by atoms with Crippen LogP contribution in [0.4, 0.5) is 5.69 Å². The van der Waals surface area contributed by atoms with E-state index in [0.29, 0.717) is 11.3 Å². The van der Waals surface area contributed by atoms with E-state index in [1.54, 1.807) is 42.7 Å². The highest BCUT2D eigenvalue weighted by Gasteiger charge is 2.04. The number of nitrogens with one attached hydrogen (secondary N) is 2. The lowest BCUT2D eigenvalue weighted by Crippen LogP contribution is -2.17. The third kappa shape index (κ3) is 4.54. The van der Waals surface area contributed by atoms with Gasteiger partial charge in [-0.05, 0) is 30.3 Å².